The molecule has 0 aliphatic carbocycles. The lowest BCUT2D eigenvalue weighted by molar-refractivity contribution is -0.123. The molecule has 2 atom stereocenters. The fourth-order valence-electron chi connectivity index (χ4n) is 7.19. The predicted molar refractivity (Wildman–Crippen MR) is 212 cm³/mol. The molecule has 0 saturated heterocycles. The van der Waals surface area contributed by atoms with Crippen LogP contribution in [0, 0.1) is 0 Å². The Kier molecular flexibility index (Phi) is 40.3. The Morgan fingerprint density at radius 2 is 0.667 bits per heavy atom. The molecule has 288 valence electrons. The van der Waals surface area contributed by atoms with E-state index >= 15 is 0 Å². The van der Waals surface area contributed by atoms with Crippen molar-refractivity contribution in [3.05, 3.63) is 0 Å². The molecule has 0 rings (SSSR count). The van der Waals surface area contributed by atoms with Crippen molar-refractivity contribution in [1.29, 1.82) is 0 Å². The van der Waals surface area contributed by atoms with Crippen LogP contribution in [0.5, 0.6) is 0 Å². The van der Waals surface area contributed by atoms with Crippen molar-refractivity contribution in [1.82, 2.24) is 5.32 Å². The van der Waals surface area contributed by atoms with Crippen LogP contribution in [0.25, 0.3) is 0 Å². The summed E-state index contributed by atoms with van der Waals surface area (Å²) in [5, 5.41) is 23.2. The number of unbranched alkanes of at least 4 members (excludes halogenated alkanes) is 34. The first-order chi connectivity index (χ1) is 23.7. The van der Waals surface area contributed by atoms with E-state index in [2.05, 4.69) is 19.2 Å². The van der Waals surface area contributed by atoms with Crippen LogP contribution >= 0.6 is 0 Å². The zero-order valence-corrected chi connectivity index (χ0v) is 33.0. The molecule has 4 heteroatoms. The fraction of sp³-hybridized carbons (Fsp3) is 0.977. The lowest BCUT2D eigenvalue weighted by Gasteiger charge is -2.22. The SMILES string of the molecule is CCCCCCCCCCCCCCCCCCCCCCCCC(O)C(CO)NC(=O)CCCCCCCCCCCCCCCC. The molecule has 4 nitrogen and oxygen atoms in total. The van der Waals surface area contributed by atoms with Crippen molar-refractivity contribution in [2.75, 3.05) is 6.61 Å². The molecule has 0 aliphatic rings. The minimum absolute atomic E-state index is 0.0267. The summed E-state index contributed by atoms with van der Waals surface area (Å²) in [6.07, 6.45) is 49.0. The smallest absolute Gasteiger partial charge is 0.220 e. The van der Waals surface area contributed by atoms with E-state index < -0.39 is 12.1 Å². The molecule has 0 aromatic rings. The number of nitrogens with one attached hydrogen (secondary N) is 1. The number of aliphatic hydroxyl groups is 2. The molecular weight excluding hydrogens is 590 g/mol. The second-order valence-corrected chi connectivity index (χ2v) is 15.5. The third-order valence-electron chi connectivity index (χ3n) is 10.6. The molecule has 2 unspecified atom stereocenters. The molecule has 0 heterocycles. The van der Waals surface area contributed by atoms with Gasteiger partial charge in [0.1, 0.15) is 0 Å². The van der Waals surface area contributed by atoms with Crippen LogP contribution in [0.1, 0.15) is 258 Å². The van der Waals surface area contributed by atoms with Crippen molar-refractivity contribution in [3.8, 4) is 0 Å². The molecule has 0 aliphatic heterocycles. The number of carbonyl (C=O) groups is 1. The Morgan fingerprint density at radius 3 is 0.938 bits per heavy atom. The number of hydrogen-bond acceptors (Lipinski definition) is 3. The van der Waals surface area contributed by atoms with E-state index in [4.69, 9.17) is 0 Å². The van der Waals surface area contributed by atoms with Gasteiger partial charge >= 0.3 is 0 Å². The normalized spacial score (nSPS) is 12.8. The summed E-state index contributed by atoms with van der Waals surface area (Å²) >= 11 is 0. The van der Waals surface area contributed by atoms with Gasteiger partial charge in [0.2, 0.25) is 5.91 Å². The predicted octanol–water partition coefficient (Wildman–Crippen LogP) is 13.7. The third-order valence-corrected chi connectivity index (χ3v) is 10.6. The Bertz CT molecular complexity index is 612. The first-order valence-electron chi connectivity index (χ1n) is 22.2. The molecule has 1 amide bonds. The van der Waals surface area contributed by atoms with Gasteiger partial charge < -0.3 is 15.5 Å². The maximum atomic E-state index is 12.4. The van der Waals surface area contributed by atoms with Crippen LogP contribution < -0.4 is 5.32 Å². The largest absolute Gasteiger partial charge is 0.394 e. The minimum atomic E-state index is -0.652. The van der Waals surface area contributed by atoms with E-state index in [1.54, 1.807) is 0 Å². The summed E-state index contributed by atoms with van der Waals surface area (Å²) < 4.78 is 0. The van der Waals surface area contributed by atoms with Crippen LogP contribution in [0.3, 0.4) is 0 Å². The number of amides is 1. The van der Waals surface area contributed by atoms with Crippen molar-refractivity contribution in [2.45, 2.75) is 270 Å². The van der Waals surface area contributed by atoms with E-state index in [1.165, 1.54) is 205 Å². The molecule has 3 N–H and O–H groups in total. The standard InChI is InChI=1S/C44H89NO3/c1-3-5-7-9-11-13-15-17-19-20-21-22-23-24-25-26-27-29-31-33-35-37-39-43(47)42(41-46)45-44(48)40-38-36-34-32-30-28-18-16-14-12-10-8-6-4-2/h42-43,46-47H,3-41H2,1-2H3,(H,45,48). The fourth-order valence-corrected chi connectivity index (χ4v) is 7.19. The van der Waals surface area contributed by atoms with Gasteiger partial charge in [-0.3, -0.25) is 4.79 Å². The van der Waals surface area contributed by atoms with E-state index in [9.17, 15) is 15.0 Å². The Morgan fingerprint density at radius 1 is 0.417 bits per heavy atom. The zero-order chi connectivity index (χ0) is 35.0. The van der Waals surface area contributed by atoms with Crippen molar-refractivity contribution < 1.29 is 15.0 Å². The van der Waals surface area contributed by atoms with Gasteiger partial charge in [-0.25, -0.2) is 0 Å². The maximum absolute atomic E-state index is 12.4. The van der Waals surface area contributed by atoms with Gasteiger partial charge in [-0.05, 0) is 12.8 Å². The van der Waals surface area contributed by atoms with E-state index in [0.29, 0.717) is 12.8 Å². The van der Waals surface area contributed by atoms with Crippen LogP contribution in [0.15, 0.2) is 0 Å². The number of aliphatic hydroxyl groups excluding tert-OH is 2. The first-order valence-corrected chi connectivity index (χ1v) is 22.2. The minimum Gasteiger partial charge on any atom is -0.394 e. The Balaban J connectivity index is 3.45. The summed E-state index contributed by atoms with van der Waals surface area (Å²) in [5.74, 6) is -0.0267. The molecule has 0 aromatic heterocycles. The lowest BCUT2D eigenvalue weighted by Crippen LogP contribution is -2.45. The molecule has 0 spiro atoms. The summed E-state index contributed by atoms with van der Waals surface area (Å²) in [6, 6.07) is -0.529. The van der Waals surface area contributed by atoms with Crippen molar-refractivity contribution in [3.63, 3.8) is 0 Å². The second kappa shape index (κ2) is 40.8. The van der Waals surface area contributed by atoms with Crippen LogP contribution in [-0.4, -0.2) is 34.9 Å². The van der Waals surface area contributed by atoms with Crippen molar-refractivity contribution >= 4 is 5.91 Å². The van der Waals surface area contributed by atoms with Gasteiger partial charge in [0.15, 0.2) is 0 Å². The summed E-state index contributed by atoms with van der Waals surface area (Å²) in [7, 11) is 0. The highest BCUT2D eigenvalue weighted by atomic mass is 16.3. The zero-order valence-electron chi connectivity index (χ0n) is 33.0. The van der Waals surface area contributed by atoms with Gasteiger partial charge in [-0.1, -0.05) is 239 Å². The molecule has 0 bridgehead atoms. The Labute approximate surface area is 302 Å². The molecule has 48 heavy (non-hydrogen) atoms. The number of rotatable bonds is 41. The first kappa shape index (κ1) is 47.4. The monoisotopic (exact) mass is 680 g/mol. The molecule has 0 saturated carbocycles. The molecule has 0 aromatic carbocycles. The average molecular weight is 680 g/mol. The molecule has 0 radical (unpaired) electrons. The number of carbonyl (C=O) groups excluding carboxylic acids is 1. The molecular formula is C44H89NO3. The highest BCUT2D eigenvalue weighted by Gasteiger charge is 2.20. The maximum Gasteiger partial charge on any atom is 0.220 e. The third kappa shape index (κ3) is 36.7. The highest BCUT2D eigenvalue weighted by Crippen LogP contribution is 2.17. The van der Waals surface area contributed by atoms with Crippen LogP contribution in [0.2, 0.25) is 0 Å². The topological polar surface area (TPSA) is 69.6 Å². The van der Waals surface area contributed by atoms with Crippen LogP contribution in [0.4, 0.5) is 0 Å². The van der Waals surface area contributed by atoms with Gasteiger partial charge in [-0.2, -0.15) is 0 Å². The average Bonchev–Trinajstić information content (AvgIpc) is 3.09. The summed E-state index contributed by atoms with van der Waals surface area (Å²) in [4.78, 5) is 12.4. The van der Waals surface area contributed by atoms with Gasteiger partial charge in [0.25, 0.3) is 0 Å². The van der Waals surface area contributed by atoms with Crippen LogP contribution in [-0.2, 0) is 4.79 Å². The quantitative estimate of drug-likeness (QED) is 0.0563. The molecule has 0 fully saturated rings. The van der Waals surface area contributed by atoms with Gasteiger partial charge in [-0.15, -0.1) is 0 Å². The van der Waals surface area contributed by atoms with Crippen molar-refractivity contribution in [2.24, 2.45) is 0 Å². The second-order valence-electron chi connectivity index (χ2n) is 15.5. The van der Waals surface area contributed by atoms with Gasteiger partial charge in [0, 0.05) is 6.42 Å². The summed E-state index contributed by atoms with van der Waals surface area (Å²) in [6.45, 7) is 4.38. The Hall–Kier alpha value is -0.610. The van der Waals surface area contributed by atoms with E-state index in [0.717, 1.165) is 25.7 Å². The van der Waals surface area contributed by atoms with E-state index in [-0.39, 0.29) is 12.5 Å². The van der Waals surface area contributed by atoms with Gasteiger partial charge in [0.05, 0.1) is 18.8 Å². The number of hydrogen-bond donors (Lipinski definition) is 3. The summed E-state index contributed by atoms with van der Waals surface area (Å²) in [5.41, 5.74) is 0. The van der Waals surface area contributed by atoms with E-state index in [1.807, 2.05) is 0 Å². The highest BCUT2D eigenvalue weighted by molar-refractivity contribution is 5.76. The lowest BCUT2D eigenvalue weighted by atomic mass is 10.0.